The van der Waals surface area contributed by atoms with Gasteiger partial charge >= 0.3 is 0 Å². The lowest BCUT2D eigenvalue weighted by atomic mass is 9.70. The average Bonchev–Trinajstić information content (AvgIpc) is 2.61. The minimum atomic E-state index is -0.129. The van der Waals surface area contributed by atoms with Crippen molar-refractivity contribution in [2.24, 2.45) is 11.8 Å². The summed E-state index contributed by atoms with van der Waals surface area (Å²) < 4.78 is 5.50. The van der Waals surface area contributed by atoms with Crippen LogP contribution in [0, 0.1) is 11.8 Å². The number of carbonyl (C=O) groups excluding carboxylic acids is 2. The fourth-order valence-corrected chi connectivity index (χ4v) is 4.47. The van der Waals surface area contributed by atoms with Gasteiger partial charge in [0.1, 0.15) is 5.75 Å². The Hall–Kier alpha value is -1.75. The van der Waals surface area contributed by atoms with Gasteiger partial charge in [0.15, 0.2) is 6.61 Å². The maximum Gasteiger partial charge on any atom is 0.258 e. The van der Waals surface area contributed by atoms with Gasteiger partial charge in [-0.1, -0.05) is 24.9 Å². The summed E-state index contributed by atoms with van der Waals surface area (Å²) in [7, 11) is 0. The summed E-state index contributed by atoms with van der Waals surface area (Å²) in [4.78, 5) is 24.2. The zero-order chi connectivity index (χ0) is 18.5. The Kier molecular flexibility index (Phi) is 6.41. The molecule has 4 unspecified atom stereocenters. The lowest BCUT2D eigenvalue weighted by Gasteiger charge is -2.44. The van der Waals surface area contributed by atoms with Crippen molar-refractivity contribution in [1.29, 1.82) is 0 Å². The summed E-state index contributed by atoms with van der Waals surface area (Å²) in [6, 6.07) is 7.23. The van der Waals surface area contributed by atoms with E-state index >= 15 is 0 Å². The number of amides is 2. The second-order valence-corrected chi connectivity index (χ2v) is 7.85. The largest absolute Gasteiger partial charge is 0.484 e. The van der Waals surface area contributed by atoms with Crippen molar-refractivity contribution >= 4 is 23.4 Å². The Labute approximate surface area is 159 Å². The lowest BCUT2D eigenvalue weighted by Crippen LogP contribution is -2.55. The molecule has 2 amide bonds. The summed E-state index contributed by atoms with van der Waals surface area (Å²) in [5, 5.41) is 6.83. The van der Waals surface area contributed by atoms with Gasteiger partial charge in [0.2, 0.25) is 5.91 Å². The quantitative estimate of drug-likeness (QED) is 0.798. The van der Waals surface area contributed by atoms with Crippen molar-refractivity contribution in [1.82, 2.24) is 10.6 Å². The van der Waals surface area contributed by atoms with Gasteiger partial charge in [-0.05, 0) is 61.8 Å². The number of nitrogens with one attached hydrogen (secondary N) is 2. The average molecular weight is 379 g/mol. The first-order valence-corrected chi connectivity index (χ1v) is 9.90. The highest BCUT2D eigenvalue weighted by Gasteiger charge is 2.40. The molecule has 1 aliphatic heterocycles. The Balaban J connectivity index is 1.48. The third-order valence-corrected chi connectivity index (χ3v) is 5.76. The fourth-order valence-electron chi connectivity index (χ4n) is 4.35. The molecule has 0 bridgehead atoms. The van der Waals surface area contributed by atoms with Crippen LogP contribution in [-0.4, -0.2) is 30.5 Å². The van der Waals surface area contributed by atoms with Gasteiger partial charge in [-0.15, -0.1) is 0 Å². The maximum atomic E-state index is 12.2. The number of carbonyl (C=O) groups is 2. The first-order valence-electron chi connectivity index (χ1n) is 9.52. The zero-order valence-corrected chi connectivity index (χ0v) is 15.9. The summed E-state index contributed by atoms with van der Waals surface area (Å²) in [5.74, 6) is 1.68. The van der Waals surface area contributed by atoms with Crippen LogP contribution in [0.1, 0.15) is 45.4 Å². The number of halogens is 1. The number of piperidine rings is 1. The number of benzene rings is 1. The minimum Gasteiger partial charge on any atom is -0.484 e. The van der Waals surface area contributed by atoms with E-state index in [1.807, 2.05) is 0 Å². The van der Waals surface area contributed by atoms with E-state index < -0.39 is 0 Å². The molecule has 2 fully saturated rings. The first-order chi connectivity index (χ1) is 12.5. The SMILES string of the molecule is CCCC1CC(=O)NC2CC(NC(=O)COc3ccc(Cl)cc3)CCC12. The molecular formula is C20H27ClN2O3. The molecule has 0 spiro atoms. The summed E-state index contributed by atoms with van der Waals surface area (Å²) in [6.07, 6.45) is 5.71. The first kappa shape index (κ1) is 19.0. The van der Waals surface area contributed by atoms with Gasteiger partial charge in [0.05, 0.1) is 0 Å². The van der Waals surface area contributed by atoms with Crippen LogP contribution in [0.25, 0.3) is 0 Å². The Morgan fingerprint density at radius 2 is 2.08 bits per heavy atom. The molecule has 1 aromatic carbocycles. The van der Waals surface area contributed by atoms with Crippen molar-refractivity contribution in [2.45, 2.75) is 57.5 Å². The standard InChI is InChI=1S/C20H27ClN2O3/c1-2-3-13-10-19(24)23-18-11-15(6-9-17(13)18)22-20(25)12-26-16-7-4-14(21)5-8-16/h4-5,7-8,13,15,17-18H,2-3,6,9-12H2,1H3,(H,22,25)(H,23,24). The van der Waals surface area contributed by atoms with Crippen LogP contribution in [-0.2, 0) is 9.59 Å². The zero-order valence-electron chi connectivity index (χ0n) is 15.2. The summed E-state index contributed by atoms with van der Waals surface area (Å²) in [6.45, 7) is 2.16. The van der Waals surface area contributed by atoms with Crippen LogP contribution in [0.3, 0.4) is 0 Å². The Morgan fingerprint density at radius 1 is 1.31 bits per heavy atom. The normalized spacial score (nSPS) is 28.0. The van der Waals surface area contributed by atoms with Crippen molar-refractivity contribution < 1.29 is 14.3 Å². The van der Waals surface area contributed by atoms with Gasteiger partial charge in [0.25, 0.3) is 5.91 Å². The van der Waals surface area contributed by atoms with E-state index in [9.17, 15) is 9.59 Å². The van der Waals surface area contributed by atoms with Gasteiger partial charge in [-0.25, -0.2) is 0 Å². The molecule has 1 aliphatic carbocycles. The van der Waals surface area contributed by atoms with Crippen LogP contribution in [0.15, 0.2) is 24.3 Å². The van der Waals surface area contributed by atoms with Gasteiger partial charge in [-0.3, -0.25) is 9.59 Å². The molecule has 142 valence electrons. The number of ether oxygens (including phenoxy) is 1. The highest BCUT2D eigenvalue weighted by molar-refractivity contribution is 6.30. The third-order valence-electron chi connectivity index (χ3n) is 5.51. The van der Waals surface area contributed by atoms with Gasteiger partial charge < -0.3 is 15.4 Å². The maximum absolute atomic E-state index is 12.2. The van der Waals surface area contributed by atoms with Crippen LogP contribution >= 0.6 is 11.6 Å². The number of fused-ring (bicyclic) bond motifs is 1. The third kappa shape index (κ3) is 4.91. The minimum absolute atomic E-state index is 0.0168. The molecule has 0 radical (unpaired) electrons. The van der Waals surface area contributed by atoms with E-state index in [1.54, 1.807) is 24.3 Å². The molecule has 6 heteroatoms. The van der Waals surface area contributed by atoms with Crippen LogP contribution < -0.4 is 15.4 Å². The molecule has 1 aromatic rings. The molecule has 2 N–H and O–H groups in total. The van der Waals surface area contributed by atoms with Crippen molar-refractivity contribution in [3.63, 3.8) is 0 Å². The lowest BCUT2D eigenvalue weighted by molar-refractivity contribution is -0.127. The molecule has 2 aliphatic rings. The highest BCUT2D eigenvalue weighted by Crippen LogP contribution is 2.37. The van der Waals surface area contributed by atoms with Crippen molar-refractivity contribution in [3.8, 4) is 5.75 Å². The Bertz CT molecular complexity index is 634. The predicted molar refractivity (Wildman–Crippen MR) is 101 cm³/mol. The van der Waals surface area contributed by atoms with E-state index in [2.05, 4.69) is 17.6 Å². The van der Waals surface area contributed by atoms with Gasteiger partial charge in [-0.2, -0.15) is 0 Å². The highest BCUT2D eigenvalue weighted by atomic mass is 35.5. The Morgan fingerprint density at radius 3 is 2.81 bits per heavy atom. The summed E-state index contributed by atoms with van der Waals surface area (Å²) >= 11 is 5.83. The van der Waals surface area contributed by atoms with Crippen molar-refractivity contribution in [3.05, 3.63) is 29.3 Å². The monoisotopic (exact) mass is 378 g/mol. The second kappa shape index (κ2) is 8.76. The molecular weight excluding hydrogens is 352 g/mol. The van der Waals surface area contributed by atoms with E-state index in [-0.39, 0.29) is 30.5 Å². The molecule has 1 saturated carbocycles. The van der Waals surface area contributed by atoms with Crippen LogP contribution in [0.2, 0.25) is 5.02 Å². The predicted octanol–water partition coefficient (Wildman–Crippen LogP) is 3.31. The van der Waals surface area contributed by atoms with E-state index in [1.165, 1.54) is 0 Å². The molecule has 0 aromatic heterocycles. The molecule has 26 heavy (non-hydrogen) atoms. The van der Waals surface area contributed by atoms with E-state index in [0.29, 0.717) is 29.0 Å². The number of hydrogen-bond acceptors (Lipinski definition) is 3. The fraction of sp³-hybridized carbons (Fsp3) is 0.600. The second-order valence-electron chi connectivity index (χ2n) is 7.41. The van der Waals surface area contributed by atoms with E-state index in [4.69, 9.17) is 16.3 Å². The molecule has 1 saturated heterocycles. The van der Waals surface area contributed by atoms with E-state index in [0.717, 1.165) is 32.1 Å². The summed E-state index contributed by atoms with van der Waals surface area (Å²) in [5.41, 5.74) is 0. The molecule has 3 rings (SSSR count). The van der Waals surface area contributed by atoms with Crippen LogP contribution in [0.4, 0.5) is 0 Å². The number of rotatable bonds is 6. The molecule has 4 atom stereocenters. The smallest absolute Gasteiger partial charge is 0.258 e. The number of hydrogen-bond donors (Lipinski definition) is 2. The topological polar surface area (TPSA) is 67.4 Å². The van der Waals surface area contributed by atoms with Crippen molar-refractivity contribution in [2.75, 3.05) is 6.61 Å². The molecule has 5 nitrogen and oxygen atoms in total. The van der Waals surface area contributed by atoms with Gasteiger partial charge in [0, 0.05) is 23.5 Å². The molecule has 1 heterocycles. The van der Waals surface area contributed by atoms with Crippen LogP contribution in [0.5, 0.6) is 5.75 Å².